The van der Waals surface area contributed by atoms with E-state index in [2.05, 4.69) is 25.4 Å². The summed E-state index contributed by atoms with van der Waals surface area (Å²) in [5.74, 6) is -1.05. The Kier molecular flexibility index (Phi) is 5.79. The van der Waals surface area contributed by atoms with Gasteiger partial charge >= 0.3 is 0 Å². The first-order chi connectivity index (χ1) is 12.0. The Balaban J connectivity index is 2.17. The number of nitrogens with zero attached hydrogens (tertiary/aromatic N) is 3. The van der Waals surface area contributed by atoms with Crippen LogP contribution in [0.4, 0.5) is 10.2 Å². The van der Waals surface area contributed by atoms with Gasteiger partial charge in [0.1, 0.15) is 11.5 Å². The maximum Gasteiger partial charge on any atom is 0.251 e. The number of imidazole rings is 1. The third-order valence-electron chi connectivity index (χ3n) is 3.37. The molecule has 0 saturated carbocycles. The summed E-state index contributed by atoms with van der Waals surface area (Å²) in [6.07, 6.45) is 1.31. The zero-order valence-electron chi connectivity index (χ0n) is 13.3. The van der Waals surface area contributed by atoms with Crippen LogP contribution in [0.2, 0.25) is 0 Å². The second-order valence-corrected chi connectivity index (χ2v) is 5.06. The lowest BCUT2D eigenvalue weighted by atomic mass is 10.1. The minimum atomic E-state index is -0.849. The number of carbonyl (C=O) groups is 1. The summed E-state index contributed by atoms with van der Waals surface area (Å²) in [4.78, 5) is 22.6. The van der Waals surface area contributed by atoms with Crippen LogP contribution in [0.25, 0.3) is 0 Å². The SMILES string of the molecule is CC(=N/C(=N\O)c1[nH]cnc1N)[C@H](CO)NC(=O)c1ccc(F)cc1. The molecule has 6 N–H and O–H groups in total. The predicted octanol–water partition coefficient (Wildman–Crippen LogP) is 0.519. The van der Waals surface area contributed by atoms with E-state index in [1.165, 1.54) is 25.4 Å². The molecule has 2 aromatic rings. The molecule has 0 radical (unpaired) electrons. The van der Waals surface area contributed by atoms with Gasteiger partial charge in [0.25, 0.3) is 5.91 Å². The van der Waals surface area contributed by atoms with Crippen molar-refractivity contribution in [3.63, 3.8) is 0 Å². The number of H-pyrrole nitrogens is 1. The van der Waals surface area contributed by atoms with Crippen LogP contribution >= 0.6 is 0 Å². The van der Waals surface area contributed by atoms with Crippen LogP contribution < -0.4 is 11.1 Å². The van der Waals surface area contributed by atoms with Crippen LogP contribution in [-0.4, -0.2) is 50.4 Å². The molecule has 0 unspecified atom stereocenters. The minimum Gasteiger partial charge on any atom is -0.409 e. The normalized spacial score (nSPS) is 13.6. The van der Waals surface area contributed by atoms with Crippen molar-refractivity contribution in [2.45, 2.75) is 13.0 Å². The van der Waals surface area contributed by atoms with Gasteiger partial charge in [-0.15, -0.1) is 0 Å². The Bertz CT molecular complexity index is 800. The van der Waals surface area contributed by atoms with Crippen LogP contribution in [0.15, 0.2) is 40.7 Å². The molecule has 132 valence electrons. The number of aliphatic imine (C=N–C) groups is 1. The Hall–Kier alpha value is -3.27. The number of nitrogens with two attached hydrogens (primary N) is 1. The number of halogens is 1. The van der Waals surface area contributed by atoms with Crippen molar-refractivity contribution in [1.29, 1.82) is 0 Å². The maximum atomic E-state index is 12.9. The van der Waals surface area contributed by atoms with E-state index in [0.29, 0.717) is 0 Å². The van der Waals surface area contributed by atoms with Gasteiger partial charge in [0.15, 0.2) is 5.82 Å². The number of rotatable bonds is 5. The molecular weight excluding hydrogens is 331 g/mol. The summed E-state index contributed by atoms with van der Waals surface area (Å²) in [6, 6.07) is 4.09. The Morgan fingerprint density at radius 2 is 2.12 bits per heavy atom. The number of hydrogen-bond donors (Lipinski definition) is 5. The van der Waals surface area contributed by atoms with Crippen molar-refractivity contribution < 1.29 is 19.5 Å². The summed E-state index contributed by atoms with van der Waals surface area (Å²) in [5.41, 5.74) is 6.30. The molecule has 1 atom stereocenters. The largest absolute Gasteiger partial charge is 0.409 e. The molecule has 1 amide bonds. The molecule has 0 bridgehead atoms. The number of aromatic amines is 1. The number of anilines is 1. The molecule has 2 rings (SSSR count). The highest BCUT2D eigenvalue weighted by molar-refractivity contribution is 6.09. The number of carbonyl (C=O) groups excluding carboxylic acids is 1. The molecule has 10 heteroatoms. The first-order valence-corrected chi connectivity index (χ1v) is 7.20. The Labute approximate surface area is 142 Å². The van der Waals surface area contributed by atoms with Gasteiger partial charge in [0.05, 0.1) is 19.0 Å². The van der Waals surface area contributed by atoms with Crippen molar-refractivity contribution in [1.82, 2.24) is 15.3 Å². The highest BCUT2D eigenvalue weighted by Gasteiger charge is 2.18. The summed E-state index contributed by atoms with van der Waals surface area (Å²) in [6.45, 7) is 1.09. The third kappa shape index (κ3) is 4.38. The lowest BCUT2D eigenvalue weighted by Crippen LogP contribution is -2.42. The number of hydrogen-bond acceptors (Lipinski definition) is 6. The smallest absolute Gasteiger partial charge is 0.251 e. The highest BCUT2D eigenvalue weighted by atomic mass is 19.1. The molecule has 0 spiro atoms. The van der Waals surface area contributed by atoms with Gasteiger partial charge in [-0.05, 0) is 31.2 Å². The molecule has 9 nitrogen and oxygen atoms in total. The molecule has 25 heavy (non-hydrogen) atoms. The predicted molar refractivity (Wildman–Crippen MR) is 89.2 cm³/mol. The topological polar surface area (TPSA) is 149 Å². The minimum absolute atomic E-state index is 0.0836. The molecule has 1 heterocycles. The van der Waals surface area contributed by atoms with Gasteiger partial charge < -0.3 is 26.3 Å². The summed E-state index contributed by atoms with van der Waals surface area (Å²) in [5, 5.41) is 24.2. The molecule has 0 fully saturated rings. The zero-order chi connectivity index (χ0) is 18.4. The van der Waals surface area contributed by atoms with Crippen molar-refractivity contribution in [3.05, 3.63) is 47.7 Å². The number of aliphatic hydroxyl groups is 1. The zero-order valence-corrected chi connectivity index (χ0v) is 13.3. The number of aromatic nitrogens is 2. The molecule has 0 aliphatic rings. The molecule has 0 aliphatic heterocycles. The number of amides is 1. The molecular formula is C15H17FN6O3. The first kappa shape index (κ1) is 18.1. The van der Waals surface area contributed by atoms with Crippen molar-refractivity contribution >= 4 is 23.3 Å². The number of aliphatic hydroxyl groups excluding tert-OH is 1. The fraction of sp³-hybridized carbons (Fsp3) is 0.200. The van der Waals surface area contributed by atoms with Crippen LogP contribution in [0, 0.1) is 5.82 Å². The van der Waals surface area contributed by atoms with E-state index in [1.807, 2.05) is 0 Å². The van der Waals surface area contributed by atoms with Crippen LogP contribution in [0.1, 0.15) is 23.0 Å². The fourth-order valence-electron chi connectivity index (χ4n) is 1.98. The first-order valence-electron chi connectivity index (χ1n) is 7.20. The Morgan fingerprint density at radius 3 is 2.64 bits per heavy atom. The number of benzene rings is 1. The van der Waals surface area contributed by atoms with Crippen LogP contribution in [0.3, 0.4) is 0 Å². The van der Waals surface area contributed by atoms with E-state index >= 15 is 0 Å². The van der Waals surface area contributed by atoms with E-state index in [9.17, 15) is 14.3 Å². The van der Waals surface area contributed by atoms with Gasteiger partial charge in [-0.1, -0.05) is 5.16 Å². The second kappa shape index (κ2) is 8.02. The Morgan fingerprint density at radius 1 is 1.44 bits per heavy atom. The van der Waals surface area contributed by atoms with Crippen molar-refractivity contribution in [2.24, 2.45) is 10.1 Å². The van der Waals surface area contributed by atoms with Crippen molar-refractivity contribution in [3.8, 4) is 0 Å². The fourth-order valence-corrected chi connectivity index (χ4v) is 1.98. The number of nitrogens with one attached hydrogen (secondary N) is 2. The van der Waals surface area contributed by atoms with E-state index < -0.39 is 24.4 Å². The second-order valence-electron chi connectivity index (χ2n) is 5.06. The quantitative estimate of drug-likeness (QED) is 0.231. The standard InChI is InChI=1S/C15H17FN6O3/c1-8(20-14(22-25)12-13(17)19-7-18-12)11(6-23)21-15(24)9-2-4-10(16)5-3-9/h2-5,7,11,23,25H,6,17H2,1H3,(H,18,19)(H,21,24)/b20-8?,22-14-/t11-/m0/s1. The monoisotopic (exact) mass is 348 g/mol. The molecule has 1 aromatic carbocycles. The number of amidine groups is 1. The van der Waals surface area contributed by atoms with Crippen molar-refractivity contribution in [2.75, 3.05) is 12.3 Å². The van der Waals surface area contributed by atoms with Crippen LogP contribution in [0.5, 0.6) is 0 Å². The van der Waals surface area contributed by atoms with Gasteiger partial charge in [0, 0.05) is 11.3 Å². The molecule has 0 saturated heterocycles. The molecule has 0 aliphatic carbocycles. The lowest BCUT2D eigenvalue weighted by molar-refractivity contribution is 0.0933. The lowest BCUT2D eigenvalue weighted by Gasteiger charge is -2.16. The van der Waals surface area contributed by atoms with E-state index in [0.717, 1.165) is 12.1 Å². The average Bonchev–Trinajstić information content (AvgIpc) is 3.03. The highest BCUT2D eigenvalue weighted by Crippen LogP contribution is 2.08. The number of oxime groups is 1. The van der Waals surface area contributed by atoms with Gasteiger partial charge in [0.2, 0.25) is 5.84 Å². The average molecular weight is 348 g/mol. The number of nitrogen functional groups attached to an aromatic ring is 1. The summed E-state index contributed by atoms with van der Waals surface area (Å²) in [7, 11) is 0. The van der Waals surface area contributed by atoms with E-state index in [-0.39, 0.29) is 28.6 Å². The van der Waals surface area contributed by atoms with Gasteiger partial charge in [-0.3, -0.25) is 4.79 Å². The van der Waals surface area contributed by atoms with Gasteiger partial charge in [-0.25, -0.2) is 14.4 Å². The maximum absolute atomic E-state index is 12.9. The van der Waals surface area contributed by atoms with Gasteiger partial charge in [-0.2, -0.15) is 0 Å². The summed E-state index contributed by atoms with van der Waals surface area (Å²) < 4.78 is 12.9. The summed E-state index contributed by atoms with van der Waals surface area (Å²) >= 11 is 0. The third-order valence-corrected chi connectivity index (χ3v) is 3.37. The van der Waals surface area contributed by atoms with E-state index in [1.54, 1.807) is 0 Å². The molecule has 1 aromatic heterocycles. The van der Waals surface area contributed by atoms with E-state index in [4.69, 9.17) is 10.9 Å². The van der Waals surface area contributed by atoms with Crippen LogP contribution in [-0.2, 0) is 0 Å².